The summed E-state index contributed by atoms with van der Waals surface area (Å²) in [5.74, 6) is 0.242. The number of benzene rings is 1. The number of nitrogens with one attached hydrogen (secondary N) is 1. The number of carbonyl (C=O) groups is 1. The Morgan fingerprint density at radius 3 is 2.83 bits per heavy atom. The number of hydrogen-bond acceptors (Lipinski definition) is 7. The van der Waals surface area contributed by atoms with Gasteiger partial charge in [0.2, 0.25) is 10.0 Å². The molecule has 3 rings (SSSR count). The molecule has 3 aromatic rings. The van der Waals surface area contributed by atoms with Gasteiger partial charge in [-0.2, -0.15) is 9.90 Å². The molecule has 0 radical (unpaired) electrons. The van der Waals surface area contributed by atoms with E-state index in [0.717, 1.165) is 11.1 Å². The smallest absolute Gasteiger partial charge is 0.256 e. The normalized spacial score (nSPS) is 11.8. The monoisotopic (exact) mass is 349 g/mol. The molecule has 0 amide bonds. The second-order valence-corrected chi connectivity index (χ2v) is 7.02. The zero-order chi connectivity index (χ0) is 17.5. The summed E-state index contributed by atoms with van der Waals surface area (Å²) in [5.41, 5.74) is 7.54. The van der Waals surface area contributed by atoms with E-state index < -0.39 is 10.0 Å². The van der Waals surface area contributed by atoms with Gasteiger partial charge in [0.25, 0.3) is 5.91 Å². The fourth-order valence-corrected chi connectivity index (χ4v) is 2.80. The number of fused-ring (bicyclic) bond motifs is 1. The average molecular weight is 349 g/mol. The highest BCUT2D eigenvalue weighted by Gasteiger charge is 2.16. The lowest BCUT2D eigenvalue weighted by atomic mass is 10.3. The molecule has 0 saturated heterocycles. The van der Waals surface area contributed by atoms with Crippen molar-refractivity contribution >= 4 is 38.5 Å². The Morgan fingerprint density at radius 2 is 2.12 bits per heavy atom. The number of sulfonamides is 1. The molecule has 126 valence electrons. The van der Waals surface area contributed by atoms with Crippen LogP contribution in [0.2, 0.25) is 0 Å². The standard InChI is InChI=1S/C13H15N7O3S/c1-8-16-10-4-3-9(14)5-11(10)20(8)13(21)7-19-15-6-12(17-19)18-24(2,22)23/h3-6H,7,14H2,1-2H3,(H,17,18). The van der Waals surface area contributed by atoms with Gasteiger partial charge in [0, 0.05) is 5.69 Å². The molecule has 2 heterocycles. The molecule has 0 aliphatic rings. The van der Waals surface area contributed by atoms with Crippen molar-refractivity contribution in [3.8, 4) is 0 Å². The van der Waals surface area contributed by atoms with E-state index >= 15 is 0 Å². The van der Waals surface area contributed by atoms with Crippen LogP contribution in [0.5, 0.6) is 0 Å². The van der Waals surface area contributed by atoms with Gasteiger partial charge >= 0.3 is 0 Å². The van der Waals surface area contributed by atoms with Crippen molar-refractivity contribution in [2.75, 3.05) is 16.7 Å². The number of rotatable bonds is 4. The van der Waals surface area contributed by atoms with Crippen molar-refractivity contribution in [3.05, 3.63) is 30.2 Å². The van der Waals surface area contributed by atoms with Crippen molar-refractivity contribution in [3.63, 3.8) is 0 Å². The minimum absolute atomic E-state index is 0.0433. The van der Waals surface area contributed by atoms with Gasteiger partial charge < -0.3 is 5.73 Å². The molecule has 3 N–H and O–H groups in total. The van der Waals surface area contributed by atoms with Crippen molar-refractivity contribution in [2.45, 2.75) is 13.5 Å². The number of nitrogens with zero attached hydrogens (tertiary/aromatic N) is 5. The van der Waals surface area contributed by atoms with Crippen LogP contribution >= 0.6 is 0 Å². The Hall–Kier alpha value is -2.95. The Kier molecular flexibility index (Phi) is 3.72. The third kappa shape index (κ3) is 3.20. The quantitative estimate of drug-likeness (QED) is 0.643. The summed E-state index contributed by atoms with van der Waals surface area (Å²) in [6.07, 6.45) is 2.23. The molecule has 0 bridgehead atoms. The lowest BCUT2D eigenvalue weighted by Crippen LogP contribution is -2.21. The number of aromatic nitrogens is 5. The van der Waals surface area contributed by atoms with E-state index in [1.165, 1.54) is 10.8 Å². The van der Waals surface area contributed by atoms with Gasteiger partial charge in [0.15, 0.2) is 5.82 Å². The highest BCUT2D eigenvalue weighted by molar-refractivity contribution is 7.92. The number of hydrogen-bond donors (Lipinski definition) is 2. The molecular formula is C13H15N7O3S. The molecule has 0 aliphatic carbocycles. The maximum atomic E-state index is 12.6. The van der Waals surface area contributed by atoms with E-state index in [1.54, 1.807) is 25.1 Å². The highest BCUT2D eigenvalue weighted by atomic mass is 32.2. The van der Waals surface area contributed by atoms with Crippen molar-refractivity contribution in [1.29, 1.82) is 0 Å². The summed E-state index contributed by atoms with van der Waals surface area (Å²) in [6.45, 7) is 1.54. The minimum Gasteiger partial charge on any atom is -0.399 e. The van der Waals surface area contributed by atoms with Crippen LogP contribution in [-0.4, -0.2) is 45.1 Å². The molecule has 0 saturated carbocycles. The zero-order valence-corrected chi connectivity index (χ0v) is 13.8. The Morgan fingerprint density at radius 1 is 1.38 bits per heavy atom. The predicted molar refractivity (Wildman–Crippen MR) is 88.0 cm³/mol. The topological polar surface area (TPSA) is 138 Å². The van der Waals surface area contributed by atoms with E-state index in [9.17, 15) is 13.2 Å². The number of imidazole rings is 1. The van der Waals surface area contributed by atoms with E-state index in [4.69, 9.17) is 5.73 Å². The van der Waals surface area contributed by atoms with Crippen LogP contribution in [-0.2, 0) is 16.6 Å². The van der Waals surface area contributed by atoms with Crippen molar-refractivity contribution in [1.82, 2.24) is 24.5 Å². The second kappa shape index (κ2) is 5.60. The predicted octanol–water partition coefficient (Wildman–Crippen LogP) is 0.230. The summed E-state index contributed by atoms with van der Waals surface area (Å²) >= 11 is 0. The molecule has 24 heavy (non-hydrogen) atoms. The first-order valence-corrected chi connectivity index (χ1v) is 8.78. The van der Waals surface area contributed by atoms with Crippen LogP contribution in [0.4, 0.5) is 11.5 Å². The SMILES string of the molecule is Cc1nc2ccc(N)cc2n1C(=O)Cn1ncc(NS(C)(=O)=O)n1. The molecule has 0 unspecified atom stereocenters. The average Bonchev–Trinajstić information content (AvgIpc) is 2.99. The lowest BCUT2D eigenvalue weighted by Gasteiger charge is -2.05. The summed E-state index contributed by atoms with van der Waals surface area (Å²) in [4.78, 5) is 18.0. The molecule has 10 nitrogen and oxygen atoms in total. The summed E-state index contributed by atoms with van der Waals surface area (Å²) in [7, 11) is -3.46. The molecule has 1 aromatic carbocycles. The van der Waals surface area contributed by atoms with Crippen LogP contribution in [0.15, 0.2) is 24.4 Å². The third-order valence-corrected chi connectivity index (χ3v) is 3.78. The second-order valence-electron chi connectivity index (χ2n) is 5.27. The molecule has 0 aliphatic heterocycles. The first kappa shape index (κ1) is 15.9. The van der Waals surface area contributed by atoms with Crippen LogP contribution in [0.1, 0.15) is 10.6 Å². The van der Waals surface area contributed by atoms with Crippen molar-refractivity contribution in [2.24, 2.45) is 0 Å². The van der Waals surface area contributed by atoms with E-state index in [1.807, 2.05) is 0 Å². The summed E-state index contributed by atoms with van der Waals surface area (Å²) in [5, 5.41) is 7.79. The van der Waals surface area contributed by atoms with Crippen LogP contribution in [0.25, 0.3) is 11.0 Å². The van der Waals surface area contributed by atoms with Crippen LogP contribution in [0, 0.1) is 6.92 Å². The molecule has 0 fully saturated rings. The number of nitrogens with two attached hydrogens (primary N) is 1. The van der Waals surface area contributed by atoms with Gasteiger partial charge in [-0.1, -0.05) is 0 Å². The van der Waals surface area contributed by atoms with Gasteiger partial charge in [-0.25, -0.2) is 13.4 Å². The molecule has 11 heteroatoms. The minimum atomic E-state index is -3.46. The van der Waals surface area contributed by atoms with Gasteiger partial charge in [-0.3, -0.25) is 14.1 Å². The molecule has 2 aromatic heterocycles. The number of aryl methyl sites for hydroxylation is 1. The maximum absolute atomic E-state index is 12.6. The van der Waals surface area contributed by atoms with Gasteiger partial charge in [-0.05, 0) is 25.1 Å². The van der Waals surface area contributed by atoms with E-state index in [0.29, 0.717) is 22.5 Å². The third-order valence-electron chi connectivity index (χ3n) is 3.20. The Balaban J connectivity index is 1.88. The molecule has 0 spiro atoms. The van der Waals surface area contributed by atoms with Crippen molar-refractivity contribution < 1.29 is 13.2 Å². The first-order valence-electron chi connectivity index (χ1n) is 6.88. The maximum Gasteiger partial charge on any atom is 0.256 e. The Bertz CT molecular complexity index is 1040. The van der Waals surface area contributed by atoms with Gasteiger partial charge in [0.1, 0.15) is 12.4 Å². The number of nitrogen functional groups attached to an aromatic ring is 1. The summed E-state index contributed by atoms with van der Waals surface area (Å²) in [6, 6.07) is 5.11. The zero-order valence-electron chi connectivity index (χ0n) is 13.0. The van der Waals surface area contributed by atoms with Crippen LogP contribution in [0.3, 0.4) is 0 Å². The summed E-state index contributed by atoms with van der Waals surface area (Å²) < 4.78 is 25.9. The molecule has 0 atom stereocenters. The van der Waals surface area contributed by atoms with Crippen LogP contribution < -0.4 is 10.5 Å². The number of anilines is 2. The van der Waals surface area contributed by atoms with E-state index in [2.05, 4.69) is 19.9 Å². The fraction of sp³-hybridized carbons (Fsp3) is 0.231. The number of carbonyl (C=O) groups excluding carboxylic acids is 1. The Labute approximate surface area is 137 Å². The molecular weight excluding hydrogens is 334 g/mol. The van der Waals surface area contributed by atoms with E-state index in [-0.39, 0.29) is 18.3 Å². The van der Waals surface area contributed by atoms with Gasteiger partial charge in [-0.15, -0.1) is 5.10 Å². The lowest BCUT2D eigenvalue weighted by molar-refractivity contribution is 0.0883. The fourth-order valence-electron chi connectivity index (χ4n) is 2.33. The first-order chi connectivity index (χ1) is 11.2. The highest BCUT2D eigenvalue weighted by Crippen LogP contribution is 2.19. The van der Waals surface area contributed by atoms with Gasteiger partial charge in [0.05, 0.1) is 23.5 Å². The largest absolute Gasteiger partial charge is 0.399 e.